The first-order valence-electron chi connectivity index (χ1n) is 8.00. The number of nitrogens with zero attached hydrogens (tertiary/aromatic N) is 2. The Balaban J connectivity index is 2.03. The molecule has 1 aromatic carbocycles. The van der Waals surface area contributed by atoms with Gasteiger partial charge in [-0.05, 0) is 31.3 Å². The summed E-state index contributed by atoms with van der Waals surface area (Å²) in [6.07, 6.45) is -4.52. The van der Waals surface area contributed by atoms with Crippen molar-refractivity contribution in [2.75, 3.05) is 6.54 Å². The van der Waals surface area contributed by atoms with Gasteiger partial charge in [-0.15, -0.1) is 0 Å². The van der Waals surface area contributed by atoms with Crippen LogP contribution in [0.1, 0.15) is 18.3 Å². The molecule has 0 aliphatic carbocycles. The van der Waals surface area contributed by atoms with Gasteiger partial charge in [0.05, 0.1) is 16.5 Å². The molecule has 8 nitrogen and oxygen atoms in total. The quantitative estimate of drug-likeness (QED) is 0.569. The van der Waals surface area contributed by atoms with Crippen molar-refractivity contribution < 1.29 is 26.4 Å². The number of H-pyrrole nitrogens is 1. The number of aromatic amines is 1. The second-order valence-electron chi connectivity index (χ2n) is 5.88. The topological polar surface area (TPSA) is 109 Å². The summed E-state index contributed by atoms with van der Waals surface area (Å²) in [5.74, 6) is -0.109. The van der Waals surface area contributed by atoms with E-state index >= 15 is 0 Å². The summed E-state index contributed by atoms with van der Waals surface area (Å²) < 4.78 is 67.8. The van der Waals surface area contributed by atoms with E-state index < -0.39 is 38.6 Å². The summed E-state index contributed by atoms with van der Waals surface area (Å²) in [4.78, 5) is 11.2. The molecule has 0 radical (unpaired) electrons. The van der Waals surface area contributed by atoms with Crippen molar-refractivity contribution in [3.05, 3.63) is 40.4 Å². The van der Waals surface area contributed by atoms with Crippen LogP contribution in [0.15, 0.2) is 29.2 Å². The van der Waals surface area contributed by atoms with Gasteiger partial charge in [0.15, 0.2) is 4.77 Å². The van der Waals surface area contributed by atoms with E-state index in [2.05, 4.69) is 15.5 Å². The molecule has 13 heteroatoms. The molecule has 154 valence electrons. The van der Waals surface area contributed by atoms with Crippen LogP contribution < -0.4 is 10.0 Å². The smallest absolute Gasteiger partial charge is 0.354 e. The lowest BCUT2D eigenvalue weighted by Crippen LogP contribution is -2.45. The van der Waals surface area contributed by atoms with Crippen molar-refractivity contribution in [3.63, 3.8) is 0 Å². The van der Waals surface area contributed by atoms with Crippen LogP contribution in [-0.2, 0) is 34.5 Å². The molecule has 0 bridgehead atoms. The van der Waals surface area contributed by atoms with E-state index in [0.29, 0.717) is 23.1 Å². The highest BCUT2D eigenvalue weighted by molar-refractivity contribution is 7.89. The van der Waals surface area contributed by atoms with Gasteiger partial charge in [0, 0.05) is 20.0 Å². The monoisotopic (exact) mass is 437 g/mol. The van der Waals surface area contributed by atoms with E-state index in [1.807, 2.05) is 4.72 Å². The Bertz CT molecular complexity index is 1010. The van der Waals surface area contributed by atoms with Gasteiger partial charge in [-0.25, -0.2) is 8.42 Å². The first kappa shape index (κ1) is 22.0. The average molecular weight is 437 g/mol. The summed E-state index contributed by atoms with van der Waals surface area (Å²) in [6.45, 7) is 1.37. The average Bonchev–Trinajstić information content (AvgIpc) is 2.92. The van der Waals surface area contributed by atoms with Crippen LogP contribution in [0.3, 0.4) is 0 Å². The fraction of sp³-hybridized carbons (Fsp3) is 0.400. The number of carbonyl (C=O) groups excluding carboxylic acids is 1. The van der Waals surface area contributed by atoms with Gasteiger partial charge in [-0.1, -0.05) is 12.1 Å². The number of carbonyl (C=O) groups is 1. The number of benzene rings is 1. The summed E-state index contributed by atoms with van der Waals surface area (Å²) in [5, 5.41) is 9.05. The Morgan fingerprint density at radius 3 is 2.57 bits per heavy atom. The van der Waals surface area contributed by atoms with E-state index in [-0.39, 0.29) is 6.54 Å². The van der Waals surface area contributed by atoms with E-state index in [1.54, 1.807) is 11.6 Å². The zero-order chi connectivity index (χ0) is 21.1. The minimum atomic E-state index is -4.85. The number of hydrogen-bond acceptors (Lipinski definition) is 5. The minimum Gasteiger partial charge on any atom is -0.354 e. The van der Waals surface area contributed by atoms with E-state index in [4.69, 9.17) is 12.2 Å². The Morgan fingerprint density at radius 2 is 2.00 bits per heavy atom. The number of alkyl halides is 3. The zero-order valence-electron chi connectivity index (χ0n) is 14.9. The molecule has 0 fully saturated rings. The maximum atomic E-state index is 13.0. The number of aromatic nitrogens is 3. The maximum Gasteiger partial charge on any atom is 0.417 e. The SMILES string of the molecule is C[C@H](NS(=O)(=O)c1ccccc1C(F)(F)F)C(=O)NCCc1n[nH]c(=S)n1C. The standard InChI is InChI=1S/C15H18F3N5O3S2/c1-9(13(24)19-8-7-12-20-21-14(27)23(12)2)22-28(25,26)11-6-4-3-5-10(11)15(16,17)18/h3-6,9,22H,7-8H2,1-2H3,(H,19,24)(H,21,27)/t9-/m0/s1. The largest absolute Gasteiger partial charge is 0.417 e. The van der Waals surface area contributed by atoms with E-state index in [1.165, 1.54) is 13.0 Å². The Kier molecular flexibility index (Phi) is 6.62. The molecule has 0 saturated carbocycles. The number of nitrogens with one attached hydrogen (secondary N) is 3. The fourth-order valence-corrected chi connectivity index (χ4v) is 3.92. The molecule has 0 aliphatic heterocycles. The highest BCUT2D eigenvalue weighted by Crippen LogP contribution is 2.33. The normalized spacial score (nSPS) is 13.3. The molecular weight excluding hydrogens is 419 g/mol. The second kappa shape index (κ2) is 8.41. The summed E-state index contributed by atoms with van der Waals surface area (Å²) in [7, 11) is -2.87. The molecule has 1 atom stereocenters. The molecule has 2 aromatic rings. The summed E-state index contributed by atoms with van der Waals surface area (Å²) in [6, 6.07) is 2.47. The molecule has 1 heterocycles. The van der Waals surface area contributed by atoms with Crippen LogP contribution in [0.4, 0.5) is 13.2 Å². The molecular formula is C15H18F3N5O3S2. The predicted octanol–water partition coefficient (Wildman–Crippen LogP) is 1.52. The lowest BCUT2D eigenvalue weighted by atomic mass is 10.2. The van der Waals surface area contributed by atoms with Crippen molar-refractivity contribution in [2.45, 2.75) is 30.5 Å². The van der Waals surface area contributed by atoms with Gasteiger partial charge in [0.1, 0.15) is 5.82 Å². The van der Waals surface area contributed by atoms with E-state index in [0.717, 1.165) is 12.1 Å². The van der Waals surface area contributed by atoms with Crippen LogP contribution in [0.25, 0.3) is 0 Å². The van der Waals surface area contributed by atoms with Crippen LogP contribution >= 0.6 is 12.2 Å². The van der Waals surface area contributed by atoms with Crippen molar-refractivity contribution in [1.82, 2.24) is 24.8 Å². The Hall–Kier alpha value is -2.25. The van der Waals surface area contributed by atoms with Crippen LogP contribution in [0, 0.1) is 4.77 Å². The third-order valence-corrected chi connectivity index (χ3v) is 5.79. The number of amides is 1. The van der Waals surface area contributed by atoms with Crippen LogP contribution in [-0.4, -0.2) is 41.7 Å². The fourth-order valence-electron chi connectivity index (χ4n) is 2.34. The zero-order valence-corrected chi connectivity index (χ0v) is 16.5. The second-order valence-corrected chi connectivity index (χ2v) is 7.95. The van der Waals surface area contributed by atoms with Crippen LogP contribution in [0.5, 0.6) is 0 Å². The number of rotatable bonds is 7. The van der Waals surface area contributed by atoms with Gasteiger partial charge in [-0.2, -0.15) is 23.0 Å². The predicted molar refractivity (Wildman–Crippen MR) is 96.3 cm³/mol. The number of hydrogen-bond donors (Lipinski definition) is 3. The van der Waals surface area contributed by atoms with Crippen molar-refractivity contribution in [3.8, 4) is 0 Å². The van der Waals surface area contributed by atoms with Crippen molar-refractivity contribution in [1.29, 1.82) is 0 Å². The molecule has 0 spiro atoms. The molecule has 0 saturated heterocycles. The van der Waals surface area contributed by atoms with Crippen molar-refractivity contribution in [2.24, 2.45) is 7.05 Å². The highest BCUT2D eigenvalue weighted by atomic mass is 32.2. The van der Waals surface area contributed by atoms with Gasteiger partial charge < -0.3 is 9.88 Å². The molecule has 2 rings (SSSR count). The third kappa shape index (κ3) is 5.17. The van der Waals surface area contributed by atoms with Gasteiger partial charge in [0.2, 0.25) is 15.9 Å². The number of halogens is 3. The Labute approximate surface area is 164 Å². The molecule has 1 aromatic heterocycles. The Morgan fingerprint density at radius 1 is 1.36 bits per heavy atom. The lowest BCUT2D eigenvalue weighted by molar-refractivity contribution is -0.139. The van der Waals surface area contributed by atoms with Crippen molar-refractivity contribution >= 4 is 28.1 Å². The molecule has 3 N–H and O–H groups in total. The molecule has 0 aliphatic rings. The molecule has 0 unspecified atom stereocenters. The number of sulfonamides is 1. The minimum absolute atomic E-state index is 0.136. The first-order valence-corrected chi connectivity index (χ1v) is 9.89. The van der Waals surface area contributed by atoms with Gasteiger partial charge in [0.25, 0.3) is 0 Å². The van der Waals surface area contributed by atoms with Gasteiger partial charge >= 0.3 is 6.18 Å². The summed E-state index contributed by atoms with van der Waals surface area (Å²) in [5.41, 5.74) is -1.30. The van der Waals surface area contributed by atoms with Gasteiger partial charge in [-0.3, -0.25) is 9.89 Å². The van der Waals surface area contributed by atoms with E-state index in [9.17, 15) is 26.4 Å². The third-order valence-electron chi connectivity index (χ3n) is 3.83. The molecule has 28 heavy (non-hydrogen) atoms. The van der Waals surface area contributed by atoms with Crippen LogP contribution in [0.2, 0.25) is 0 Å². The summed E-state index contributed by atoms with van der Waals surface area (Å²) >= 11 is 4.96. The first-order chi connectivity index (χ1) is 12.9. The molecule has 1 amide bonds. The lowest BCUT2D eigenvalue weighted by Gasteiger charge is -2.17. The highest BCUT2D eigenvalue weighted by Gasteiger charge is 2.37. The maximum absolute atomic E-state index is 13.0.